The lowest BCUT2D eigenvalue weighted by atomic mass is 10.1. The van der Waals surface area contributed by atoms with E-state index in [1.54, 1.807) is 12.0 Å². The molecule has 0 aromatic heterocycles. The summed E-state index contributed by atoms with van der Waals surface area (Å²) in [7, 11) is 1.69. The van der Waals surface area contributed by atoms with E-state index in [1.165, 1.54) is 43.1 Å². The number of piperidine rings is 1. The van der Waals surface area contributed by atoms with Crippen LogP contribution in [0.3, 0.4) is 0 Å². The van der Waals surface area contributed by atoms with Gasteiger partial charge in [-0.15, -0.1) is 0 Å². The topological polar surface area (TPSA) is 36.0 Å². The second-order valence-electron chi connectivity index (χ2n) is 7.81. The molecule has 1 amide bonds. The number of anilines is 2. The Morgan fingerprint density at radius 2 is 1.67 bits per heavy atom. The van der Waals surface area contributed by atoms with Crippen molar-refractivity contribution in [2.24, 2.45) is 0 Å². The minimum atomic E-state index is -0.443. The highest BCUT2D eigenvalue weighted by molar-refractivity contribution is 6.33. The molecule has 4 rings (SSSR count). The van der Waals surface area contributed by atoms with Crippen LogP contribution >= 0.6 is 11.6 Å². The van der Waals surface area contributed by atoms with Gasteiger partial charge in [-0.25, -0.2) is 4.39 Å². The van der Waals surface area contributed by atoms with Crippen LogP contribution in [0.5, 0.6) is 5.75 Å². The van der Waals surface area contributed by atoms with Crippen LogP contribution in [0.4, 0.5) is 15.8 Å². The van der Waals surface area contributed by atoms with E-state index in [0.717, 1.165) is 24.5 Å². The fourth-order valence-corrected chi connectivity index (χ4v) is 4.51. The molecule has 0 radical (unpaired) electrons. The largest absolute Gasteiger partial charge is 0.495 e. The summed E-state index contributed by atoms with van der Waals surface area (Å²) >= 11 is 6.08. The number of hydrogen-bond acceptors (Lipinski definition) is 4. The molecule has 0 N–H and O–H groups in total. The van der Waals surface area contributed by atoms with Crippen molar-refractivity contribution in [3.05, 3.63) is 52.8 Å². The Morgan fingerprint density at radius 1 is 0.933 bits per heavy atom. The number of benzene rings is 2. The van der Waals surface area contributed by atoms with Crippen molar-refractivity contribution in [1.82, 2.24) is 4.90 Å². The first-order valence-corrected chi connectivity index (χ1v) is 10.9. The van der Waals surface area contributed by atoms with Gasteiger partial charge in [-0.3, -0.25) is 4.79 Å². The number of hydrogen-bond donors (Lipinski definition) is 0. The van der Waals surface area contributed by atoms with Crippen LogP contribution in [0.15, 0.2) is 36.4 Å². The summed E-state index contributed by atoms with van der Waals surface area (Å²) in [5.74, 6) is 0.243. The predicted octanol–water partition coefficient (Wildman–Crippen LogP) is 4.44. The Bertz CT molecular complexity index is 909. The first-order valence-electron chi connectivity index (χ1n) is 10.5. The monoisotopic (exact) mass is 431 g/mol. The molecule has 0 aliphatic carbocycles. The van der Waals surface area contributed by atoms with Gasteiger partial charge in [0.25, 0.3) is 5.91 Å². The number of rotatable bonds is 4. The van der Waals surface area contributed by atoms with Crippen LogP contribution in [-0.4, -0.2) is 57.2 Å². The molecule has 2 aliphatic rings. The van der Waals surface area contributed by atoms with E-state index in [0.29, 0.717) is 31.7 Å². The summed E-state index contributed by atoms with van der Waals surface area (Å²) in [6.07, 6.45) is 3.76. The van der Waals surface area contributed by atoms with Crippen LogP contribution in [0.25, 0.3) is 0 Å². The van der Waals surface area contributed by atoms with E-state index >= 15 is 0 Å². The van der Waals surface area contributed by atoms with Crippen molar-refractivity contribution < 1.29 is 13.9 Å². The zero-order chi connectivity index (χ0) is 21.1. The highest BCUT2D eigenvalue weighted by atomic mass is 35.5. The van der Waals surface area contributed by atoms with Gasteiger partial charge in [0.2, 0.25) is 0 Å². The van der Waals surface area contributed by atoms with Gasteiger partial charge in [-0.1, -0.05) is 11.6 Å². The summed E-state index contributed by atoms with van der Waals surface area (Å²) in [6, 6.07) is 10.3. The molecular weight excluding hydrogens is 405 g/mol. The Morgan fingerprint density at radius 3 is 2.33 bits per heavy atom. The molecular formula is C23H27ClFN3O2. The van der Waals surface area contributed by atoms with E-state index in [4.69, 9.17) is 16.3 Å². The van der Waals surface area contributed by atoms with Gasteiger partial charge in [0.15, 0.2) is 0 Å². The number of methoxy groups -OCH3 is 1. The summed E-state index contributed by atoms with van der Waals surface area (Å²) in [5, 5.41) is 0.151. The zero-order valence-corrected chi connectivity index (χ0v) is 18.0. The molecule has 2 heterocycles. The van der Waals surface area contributed by atoms with E-state index in [9.17, 15) is 9.18 Å². The van der Waals surface area contributed by atoms with E-state index in [1.807, 2.05) is 6.07 Å². The summed E-state index contributed by atoms with van der Waals surface area (Å²) in [5.41, 5.74) is 2.63. The minimum absolute atomic E-state index is 0.151. The highest BCUT2D eigenvalue weighted by Crippen LogP contribution is 2.34. The molecule has 2 fully saturated rings. The number of nitrogens with zero attached hydrogens (tertiary/aromatic N) is 3. The van der Waals surface area contributed by atoms with Crippen molar-refractivity contribution in [1.29, 1.82) is 0 Å². The average molecular weight is 432 g/mol. The third-order valence-electron chi connectivity index (χ3n) is 5.95. The minimum Gasteiger partial charge on any atom is -0.495 e. The molecule has 2 aromatic carbocycles. The molecule has 7 heteroatoms. The smallest absolute Gasteiger partial charge is 0.255 e. The van der Waals surface area contributed by atoms with Crippen molar-refractivity contribution in [3.63, 3.8) is 0 Å². The zero-order valence-electron chi connectivity index (χ0n) is 17.2. The molecule has 2 aromatic rings. The van der Waals surface area contributed by atoms with Gasteiger partial charge in [-0.05, 0) is 55.7 Å². The van der Waals surface area contributed by atoms with Gasteiger partial charge < -0.3 is 19.4 Å². The fraction of sp³-hybridized carbons (Fsp3) is 0.435. The van der Waals surface area contributed by atoms with Crippen molar-refractivity contribution in [2.45, 2.75) is 19.3 Å². The number of ether oxygens (including phenoxy) is 1. The van der Waals surface area contributed by atoms with Crippen LogP contribution < -0.4 is 14.5 Å². The van der Waals surface area contributed by atoms with Crippen molar-refractivity contribution >= 4 is 28.9 Å². The molecule has 0 bridgehead atoms. The maximum absolute atomic E-state index is 13.3. The first-order chi connectivity index (χ1) is 14.6. The number of carbonyl (C=O) groups excluding carboxylic acids is 1. The normalized spacial score (nSPS) is 17.2. The maximum Gasteiger partial charge on any atom is 0.255 e. The van der Waals surface area contributed by atoms with Gasteiger partial charge in [0.1, 0.15) is 11.6 Å². The third kappa shape index (κ3) is 4.33. The predicted molar refractivity (Wildman–Crippen MR) is 119 cm³/mol. The molecule has 5 nitrogen and oxygen atoms in total. The lowest BCUT2D eigenvalue weighted by Gasteiger charge is -2.37. The Hall–Kier alpha value is -2.47. The number of amides is 1. The Labute approximate surface area is 182 Å². The second kappa shape index (κ2) is 9.13. The highest BCUT2D eigenvalue weighted by Gasteiger charge is 2.26. The van der Waals surface area contributed by atoms with E-state index < -0.39 is 5.82 Å². The van der Waals surface area contributed by atoms with Gasteiger partial charge in [0.05, 0.1) is 23.4 Å². The molecule has 30 heavy (non-hydrogen) atoms. The summed E-state index contributed by atoms with van der Waals surface area (Å²) in [6.45, 7) is 4.72. The second-order valence-corrected chi connectivity index (χ2v) is 8.21. The molecule has 0 atom stereocenters. The van der Waals surface area contributed by atoms with Gasteiger partial charge >= 0.3 is 0 Å². The first kappa shape index (κ1) is 20.8. The molecule has 2 aliphatic heterocycles. The number of halogens is 2. The summed E-state index contributed by atoms with van der Waals surface area (Å²) in [4.78, 5) is 19.3. The third-order valence-corrected chi connectivity index (χ3v) is 6.27. The van der Waals surface area contributed by atoms with E-state index in [2.05, 4.69) is 21.9 Å². The number of piperazine rings is 1. The average Bonchev–Trinajstić information content (AvgIpc) is 2.79. The summed E-state index contributed by atoms with van der Waals surface area (Å²) < 4.78 is 18.9. The SMILES string of the molecule is COc1ccc(N2CCCCC2)cc1N1CCN(C(=O)c2ccc(F)cc2Cl)CC1. The van der Waals surface area contributed by atoms with Crippen molar-refractivity contribution in [2.75, 3.05) is 56.2 Å². The maximum atomic E-state index is 13.3. The Kier molecular flexibility index (Phi) is 6.32. The molecule has 160 valence electrons. The van der Waals surface area contributed by atoms with Crippen LogP contribution in [0, 0.1) is 5.82 Å². The lowest BCUT2D eigenvalue weighted by molar-refractivity contribution is 0.0747. The molecule has 2 saturated heterocycles. The lowest BCUT2D eigenvalue weighted by Crippen LogP contribution is -2.49. The van der Waals surface area contributed by atoms with Gasteiger partial charge in [-0.2, -0.15) is 0 Å². The van der Waals surface area contributed by atoms with Crippen LogP contribution in [-0.2, 0) is 0 Å². The Balaban J connectivity index is 1.47. The molecule has 0 saturated carbocycles. The molecule has 0 spiro atoms. The van der Waals surface area contributed by atoms with Crippen LogP contribution in [0.2, 0.25) is 5.02 Å². The fourth-order valence-electron chi connectivity index (χ4n) is 4.26. The number of carbonyl (C=O) groups is 1. The van der Waals surface area contributed by atoms with Gasteiger partial charge in [0, 0.05) is 45.0 Å². The van der Waals surface area contributed by atoms with Crippen LogP contribution in [0.1, 0.15) is 29.6 Å². The standard InChI is InChI=1S/C23H27ClFN3O2/c1-30-22-8-6-18(26-9-3-2-4-10-26)16-21(22)27-11-13-28(14-12-27)23(29)19-7-5-17(25)15-20(19)24/h5-8,15-16H,2-4,9-14H2,1H3. The molecule has 0 unspecified atom stereocenters. The van der Waals surface area contributed by atoms with Crippen molar-refractivity contribution in [3.8, 4) is 5.75 Å². The van der Waals surface area contributed by atoms with E-state index in [-0.39, 0.29) is 10.9 Å². The quantitative estimate of drug-likeness (QED) is 0.717.